The highest BCUT2D eigenvalue weighted by atomic mass is 16.5. The maximum absolute atomic E-state index is 12.1. The summed E-state index contributed by atoms with van der Waals surface area (Å²) in [4.78, 5) is 30.3. The highest BCUT2D eigenvalue weighted by Gasteiger charge is 2.15. The fourth-order valence-corrected chi connectivity index (χ4v) is 2.79. The minimum absolute atomic E-state index is 0.0854. The second-order valence-corrected chi connectivity index (χ2v) is 6.54. The smallest absolute Gasteiger partial charge is 0.340 e. The molecule has 0 radical (unpaired) electrons. The second kappa shape index (κ2) is 10.8. The summed E-state index contributed by atoms with van der Waals surface area (Å²) in [6.45, 7) is 6.76. The van der Waals surface area contributed by atoms with Gasteiger partial charge < -0.3 is 19.7 Å². The molecular formula is C19H29N3O4. The predicted octanol–water partition coefficient (Wildman–Crippen LogP) is 2.16. The number of pyridine rings is 1. The normalized spacial score (nSPS) is 15.4. The monoisotopic (exact) mass is 363 g/mol. The molecule has 2 heterocycles. The van der Waals surface area contributed by atoms with E-state index in [9.17, 15) is 9.59 Å². The molecule has 0 bridgehead atoms. The van der Waals surface area contributed by atoms with Crippen LogP contribution < -0.4 is 10.2 Å². The number of carbonyl (C=O) groups is 2. The van der Waals surface area contributed by atoms with E-state index in [1.165, 1.54) is 6.20 Å². The first-order valence-electron chi connectivity index (χ1n) is 9.35. The van der Waals surface area contributed by atoms with Crippen LogP contribution in [0.3, 0.4) is 0 Å². The third-order valence-electron chi connectivity index (χ3n) is 4.30. The minimum atomic E-state index is -0.542. The Morgan fingerprint density at radius 1 is 1.31 bits per heavy atom. The Hall–Kier alpha value is -2.15. The average Bonchev–Trinajstić information content (AvgIpc) is 2.67. The van der Waals surface area contributed by atoms with Gasteiger partial charge in [-0.2, -0.15) is 0 Å². The number of amides is 1. The first-order chi connectivity index (χ1) is 12.6. The van der Waals surface area contributed by atoms with Gasteiger partial charge in [-0.3, -0.25) is 4.79 Å². The van der Waals surface area contributed by atoms with Crippen molar-refractivity contribution in [3.63, 3.8) is 0 Å². The lowest BCUT2D eigenvalue weighted by atomic mass is 10.1. The summed E-state index contributed by atoms with van der Waals surface area (Å²) in [5.41, 5.74) is 0.339. The maximum Gasteiger partial charge on any atom is 0.340 e. The second-order valence-electron chi connectivity index (χ2n) is 6.54. The standard InChI is InChI=1S/C19H29N3O4/c1-3-4-5-6-15(2)21-18(23)14-26-19(24)16-7-8-17(20-13-16)22-9-11-25-12-10-22/h7-8,13,15H,3-6,9-12,14H2,1-2H3,(H,21,23). The van der Waals surface area contributed by atoms with E-state index in [2.05, 4.69) is 22.1 Å². The van der Waals surface area contributed by atoms with Crippen molar-refractivity contribution >= 4 is 17.7 Å². The van der Waals surface area contributed by atoms with E-state index in [0.717, 1.165) is 44.6 Å². The number of nitrogens with zero attached hydrogens (tertiary/aromatic N) is 2. The topological polar surface area (TPSA) is 80.8 Å². The van der Waals surface area contributed by atoms with Gasteiger partial charge in [0.15, 0.2) is 6.61 Å². The number of hydrogen-bond donors (Lipinski definition) is 1. The van der Waals surface area contributed by atoms with Crippen LogP contribution >= 0.6 is 0 Å². The molecule has 0 aliphatic carbocycles. The zero-order valence-corrected chi connectivity index (χ0v) is 15.7. The summed E-state index contributed by atoms with van der Waals surface area (Å²) in [6.07, 6.45) is 5.80. The Kier molecular flexibility index (Phi) is 8.34. The molecule has 1 saturated heterocycles. The first-order valence-corrected chi connectivity index (χ1v) is 9.35. The number of aromatic nitrogens is 1. The summed E-state index contributed by atoms with van der Waals surface area (Å²) < 4.78 is 10.4. The predicted molar refractivity (Wildman–Crippen MR) is 99.3 cm³/mol. The number of rotatable bonds is 9. The van der Waals surface area contributed by atoms with Gasteiger partial charge in [0.2, 0.25) is 0 Å². The summed E-state index contributed by atoms with van der Waals surface area (Å²) in [5, 5.41) is 2.85. The number of nitrogens with one attached hydrogen (secondary N) is 1. The molecule has 1 unspecified atom stereocenters. The van der Waals surface area contributed by atoms with E-state index in [1.54, 1.807) is 12.1 Å². The number of ether oxygens (including phenoxy) is 2. The van der Waals surface area contributed by atoms with E-state index in [1.807, 2.05) is 6.92 Å². The van der Waals surface area contributed by atoms with Crippen molar-refractivity contribution in [2.24, 2.45) is 0 Å². The summed E-state index contributed by atoms with van der Waals surface area (Å²) >= 11 is 0. The third-order valence-corrected chi connectivity index (χ3v) is 4.30. The zero-order chi connectivity index (χ0) is 18.8. The number of anilines is 1. The van der Waals surface area contributed by atoms with Gasteiger partial charge in [0.1, 0.15) is 5.82 Å². The van der Waals surface area contributed by atoms with Crippen LogP contribution in [0, 0.1) is 0 Å². The Balaban J connectivity index is 1.74. The van der Waals surface area contributed by atoms with Crippen LogP contribution in [0.25, 0.3) is 0 Å². The Morgan fingerprint density at radius 2 is 2.08 bits per heavy atom. The van der Waals surface area contributed by atoms with Gasteiger partial charge in [-0.15, -0.1) is 0 Å². The van der Waals surface area contributed by atoms with Crippen LogP contribution in [0.5, 0.6) is 0 Å². The molecule has 7 nitrogen and oxygen atoms in total. The van der Waals surface area contributed by atoms with Crippen molar-refractivity contribution in [3.05, 3.63) is 23.9 Å². The van der Waals surface area contributed by atoms with Crippen molar-refractivity contribution in [2.45, 2.75) is 45.6 Å². The zero-order valence-electron chi connectivity index (χ0n) is 15.7. The van der Waals surface area contributed by atoms with E-state index in [0.29, 0.717) is 18.8 Å². The summed E-state index contributed by atoms with van der Waals surface area (Å²) in [6, 6.07) is 3.55. The van der Waals surface area contributed by atoms with E-state index in [4.69, 9.17) is 9.47 Å². The Bertz CT molecular complexity index is 571. The number of hydrogen-bond acceptors (Lipinski definition) is 6. The maximum atomic E-state index is 12.1. The Morgan fingerprint density at radius 3 is 2.73 bits per heavy atom. The number of carbonyl (C=O) groups excluding carboxylic acids is 2. The molecule has 26 heavy (non-hydrogen) atoms. The van der Waals surface area contributed by atoms with Crippen LogP contribution in [-0.4, -0.2) is 55.8 Å². The van der Waals surface area contributed by atoms with Gasteiger partial charge in [0.25, 0.3) is 5.91 Å². The van der Waals surface area contributed by atoms with Crippen molar-refractivity contribution in [1.29, 1.82) is 0 Å². The van der Waals surface area contributed by atoms with Crippen LogP contribution in [0.15, 0.2) is 18.3 Å². The largest absolute Gasteiger partial charge is 0.452 e. The molecule has 0 aromatic carbocycles. The molecule has 1 amide bonds. The average molecular weight is 363 g/mol. The molecule has 0 saturated carbocycles. The van der Waals surface area contributed by atoms with Gasteiger partial charge in [-0.1, -0.05) is 26.2 Å². The SMILES string of the molecule is CCCCCC(C)NC(=O)COC(=O)c1ccc(N2CCOCC2)nc1. The van der Waals surface area contributed by atoms with Gasteiger partial charge in [-0.05, 0) is 25.5 Å². The molecule has 1 aliphatic heterocycles. The van der Waals surface area contributed by atoms with E-state index in [-0.39, 0.29) is 18.6 Å². The lowest BCUT2D eigenvalue weighted by Gasteiger charge is -2.27. The Labute approximate surface area is 155 Å². The van der Waals surface area contributed by atoms with Crippen LogP contribution in [-0.2, 0) is 14.3 Å². The van der Waals surface area contributed by atoms with Crippen LogP contribution in [0.4, 0.5) is 5.82 Å². The minimum Gasteiger partial charge on any atom is -0.452 e. The van der Waals surface area contributed by atoms with E-state index < -0.39 is 5.97 Å². The van der Waals surface area contributed by atoms with Gasteiger partial charge in [0, 0.05) is 25.3 Å². The van der Waals surface area contributed by atoms with Crippen molar-refractivity contribution in [3.8, 4) is 0 Å². The molecule has 1 atom stereocenters. The molecule has 2 rings (SSSR count). The molecule has 1 aliphatic rings. The van der Waals surface area contributed by atoms with Crippen LogP contribution in [0.1, 0.15) is 49.9 Å². The molecule has 1 aromatic rings. The first kappa shape index (κ1) is 20.2. The molecule has 1 N–H and O–H groups in total. The lowest BCUT2D eigenvalue weighted by Crippen LogP contribution is -2.36. The number of esters is 1. The number of unbranched alkanes of at least 4 members (excludes halogenated alkanes) is 2. The third kappa shape index (κ3) is 6.63. The summed E-state index contributed by atoms with van der Waals surface area (Å²) in [7, 11) is 0. The van der Waals surface area contributed by atoms with Crippen LogP contribution in [0.2, 0.25) is 0 Å². The summed E-state index contributed by atoms with van der Waals surface area (Å²) in [5.74, 6) is -0.0106. The molecule has 144 valence electrons. The fraction of sp³-hybridized carbons (Fsp3) is 0.632. The molecular weight excluding hydrogens is 334 g/mol. The lowest BCUT2D eigenvalue weighted by molar-refractivity contribution is -0.124. The van der Waals surface area contributed by atoms with Crippen molar-refractivity contribution < 1.29 is 19.1 Å². The fourth-order valence-electron chi connectivity index (χ4n) is 2.79. The van der Waals surface area contributed by atoms with E-state index >= 15 is 0 Å². The van der Waals surface area contributed by atoms with Gasteiger partial charge in [-0.25, -0.2) is 9.78 Å². The molecule has 0 spiro atoms. The van der Waals surface area contributed by atoms with Crippen molar-refractivity contribution in [2.75, 3.05) is 37.8 Å². The quantitative estimate of drug-likeness (QED) is 0.535. The number of morpholine rings is 1. The van der Waals surface area contributed by atoms with Gasteiger partial charge >= 0.3 is 5.97 Å². The molecule has 1 aromatic heterocycles. The highest BCUT2D eigenvalue weighted by Crippen LogP contribution is 2.13. The highest BCUT2D eigenvalue weighted by molar-refractivity contribution is 5.91. The molecule has 1 fully saturated rings. The molecule has 7 heteroatoms. The van der Waals surface area contributed by atoms with Gasteiger partial charge in [0.05, 0.1) is 18.8 Å². The van der Waals surface area contributed by atoms with Crippen molar-refractivity contribution in [1.82, 2.24) is 10.3 Å².